The lowest BCUT2D eigenvalue weighted by molar-refractivity contribution is 0.0905. The minimum atomic E-state index is 0.490. The van der Waals surface area contributed by atoms with Crippen LogP contribution in [-0.2, 0) is 11.3 Å². The van der Waals surface area contributed by atoms with Crippen LogP contribution in [0.1, 0.15) is 25.5 Å². The van der Waals surface area contributed by atoms with Crippen LogP contribution in [0.4, 0.5) is 5.69 Å². The molecule has 1 saturated heterocycles. The Balaban J connectivity index is 1.95. The van der Waals surface area contributed by atoms with Gasteiger partial charge in [0, 0.05) is 37.2 Å². The SMILES string of the molecule is CCn1ncc2c(NC3CCOCC3)cc(C)nc21. The monoisotopic (exact) mass is 260 g/mol. The molecule has 0 amide bonds. The number of rotatable bonds is 3. The van der Waals surface area contributed by atoms with Crippen molar-refractivity contribution in [3.05, 3.63) is 18.0 Å². The van der Waals surface area contributed by atoms with Crippen molar-refractivity contribution in [1.29, 1.82) is 0 Å². The van der Waals surface area contributed by atoms with Crippen LogP contribution in [0, 0.1) is 6.92 Å². The molecule has 5 heteroatoms. The lowest BCUT2D eigenvalue weighted by Gasteiger charge is -2.24. The number of nitrogens with one attached hydrogen (secondary N) is 1. The summed E-state index contributed by atoms with van der Waals surface area (Å²) in [7, 11) is 0. The van der Waals surface area contributed by atoms with Crippen molar-refractivity contribution < 1.29 is 4.74 Å². The van der Waals surface area contributed by atoms with Gasteiger partial charge < -0.3 is 10.1 Å². The highest BCUT2D eigenvalue weighted by Crippen LogP contribution is 2.25. The number of aromatic nitrogens is 3. The van der Waals surface area contributed by atoms with Gasteiger partial charge in [0.25, 0.3) is 0 Å². The Bertz CT molecular complexity index is 572. The van der Waals surface area contributed by atoms with Crippen LogP contribution < -0.4 is 5.32 Å². The van der Waals surface area contributed by atoms with Crippen LogP contribution >= 0.6 is 0 Å². The Labute approximate surface area is 113 Å². The molecule has 102 valence electrons. The maximum Gasteiger partial charge on any atom is 0.160 e. The van der Waals surface area contributed by atoms with Crippen molar-refractivity contribution in [3.63, 3.8) is 0 Å². The molecule has 0 atom stereocenters. The van der Waals surface area contributed by atoms with E-state index in [-0.39, 0.29) is 0 Å². The van der Waals surface area contributed by atoms with Crippen molar-refractivity contribution in [2.75, 3.05) is 18.5 Å². The molecule has 3 rings (SSSR count). The van der Waals surface area contributed by atoms with Gasteiger partial charge in [-0.25, -0.2) is 9.67 Å². The molecule has 1 N–H and O–H groups in total. The maximum atomic E-state index is 5.40. The van der Waals surface area contributed by atoms with E-state index in [4.69, 9.17) is 4.74 Å². The number of pyridine rings is 1. The van der Waals surface area contributed by atoms with Crippen LogP contribution in [-0.4, -0.2) is 34.0 Å². The first-order valence-corrected chi connectivity index (χ1v) is 6.95. The molecule has 0 saturated carbocycles. The molecule has 0 aromatic carbocycles. The molecule has 19 heavy (non-hydrogen) atoms. The van der Waals surface area contributed by atoms with E-state index < -0.39 is 0 Å². The molecule has 1 aliphatic rings. The molecule has 3 heterocycles. The molecule has 5 nitrogen and oxygen atoms in total. The molecule has 0 aliphatic carbocycles. The zero-order chi connectivity index (χ0) is 13.2. The molecule has 1 aliphatic heterocycles. The lowest BCUT2D eigenvalue weighted by Crippen LogP contribution is -2.27. The van der Waals surface area contributed by atoms with Gasteiger partial charge in [0.1, 0.15) is 0 Å². The fraction of sp³-hybridized carbons (Fsp3) is 0.571. The molecular formula is C14H20N4O. The molecule has 1 fully saturated rings. The van der Waals surface area contributed by atoms with Crippen molar-refractivity contribution >= 4 is 16.7 Å². The number of hydrogen-bond acceptors (Lipinski definition) is 4. The number of ether oxygens (including phenoxy) is 1. The summed E-state index contributed by atoms with van der Waals surface area (Å²) in [6.07, 6.45) is 4.03. The van der Waals surface area contributed by atoms with Gasteiger partial charge in [0.2, 0.25) is 0 Å². The summed E-state index contributed by atoms with van der Waals surface area (Å²) in [5, 5.41) is 9.14. The minimum absolute atomic E-state index is 0.490. The third kappa shape index (κ3) is 2.42. The summed E-state index contributed by atoms with van der Waals surface area (Å²) < 4.78 is 7.34. The molecular weight excluding hydrogens is 240 g/mol. The highest BCUT2D eigenvalue weighted by Gasteiger charge is 2.16. The predicted molar refractivity (Wildman–Crippen MR) is 75.4 cm³/mol. The zero-order valence-corrected chi connectivity index (χ0v) is 11.5. The smallest absolute Gasteiger partial charge is 0.160 e. The molecule has 2 aromatic rings. The van der Waals surface area contributed by atoms with Gasteiger partial charge in [-0.1, -0.05) is 0 Å². The second-order valence-corrected chi connectivity index (χ2v) is 5.04. The summed E-state index contributed by atoms with van der Waals surface area (Å²) >= 11 is 0. The highest BCUT2D eigenvalue weighted by molar-refractivity contribution is 5.89. The van der Waals surface area contributed by atoms with E-state index in [9.17, 15) is 0 Å². The van der Waals surface area contributed by atoms with Gasteiger partial charge in [0.05, 0.1) is 11.6 Å². The predicted octanol–water partition coefficient (Wildman–Crippen LogP) is 2.35. The second kappa shape index (κ2) is 5.17. The summed E-state index contributed by atoms with van der Waals surface area (Å²) in [5.74, 6) is 0. The van der Waals surface area contributed by atoms with Crippen molar-refractivity contribution in [2.45, 2.75) is 39.3 Å². The zero-order valence-electron chi connectivity index (χ0n) is 11.5. The van der Waals surface area contributed by atoms with E-state index in [1.54, 1.807) is 0 Å². The maximum absolute atomic E-state index is 5.40. The van der Waals surface area contributed by atoms with Crippen molar-refractivity contribution in [3.8, 4) is 0 Å². The van der Waals surface area contributed by atoms with Gasteiger partial charge >= 0.3 is 0 Å². The van der Waals surface area contributed by atoms with Gasteiger partial charge in [-0.2, -0.15) is 5.10 Å². The first-order valence-electron chi connectivity index (χ1n) is 6.95. The minimum Gasteiger partial charge on any atom is -0.381 e. The van der Waals surface area contributed by atoms with E-state index in [1.165, 1.54) is 0 Å². The summed E-state index contributed by atoms with van der Waals surface area (Å²) in [5.41, 5.74) is 3.14. The largest absolute Gasteiger partial charge is 0.381 e. The summed E-state index contributed by atoms with van der Waals surface area (Å²) in [4.78, 5) is 4.60. The first-order chi connectivity index (χ1) is 9.28. The number of hydrogen-bond donors (Lipinski definition) is 1. The van der Waals surface area contributed by atoms with Crippen molar-refractivity contribution in [2.24, 2.45) is 0 Å². The van der Waals surface area contributed by atoms with Gasteiger partial charge in [0.15, 0.2) is 5.65 Å². The normalized spacial score (nSPS) is 16.9. The lowest BCUT2D eigenvalue weighted by atomic mass is 10.1. The van der Waals surface area contributed by atoms with E-state index in [2.05, 4.69) is 28.4 Å². The van der Waals surface area contributed by atoms with E-state index in [0.29, 0.717) is 6.04 Å². The Morgan fingerprint density at radius 3 is 2.95 bits per heavy atom. The fourth-order valence-corrected chi connectivity index (χ4v) is 2.59. The Morgan fingerprint density at radius 2 is 2.21 bits per heavy atom. The van der Waals surface area contributed by atoms with Gasteiger partial charge in [-0.05, 0) is 32.8 Å². The van der Waals surface area contributed by atoms with Gasteiger partial charge in [-0.15, -0.1) is 0 Å². The van der Waals surface area contributed by atoms with Crippen LogP contribution in [0.15, 0.2) is 12.3 Å². The van der Waals surface area contributed by atoms with Crippen LogP contribution in [0.25, 0.3) is 11.0 Å². The number of anilines is 1. The molecule has 0 spiro atoms. The molecule has 0 radical (unpaired) electrons. The van der Waals surface area contributed by atoms with E-state index >= 15 is 0 Å². The average molecular weight is 260 g/mol. The summed E-state index contributed by atoms with van der Waals surface area (Å²) in [6, 6.07) is 2.60. The third-order valence-electron chi connectivity index (χ3n) is 3.62. The Hall–Kier alpha value is -1.62. The van der Waals surface area contributed by atoms with Crippen LogP contribution in [0.3, 0.4) is 0 Å². The quantitative estimate of drug-likeness (QED) is 0.920. The second-order valence-electron chi connectivity index (χ2n) is 5.04. The topological polar surface area (TPSA) is 52.0 Å². The molecule has 0 unspecified atom stereocenters. The number of nitrogens with zero attached hydrogens (tertiary/aromatic N) is 3. The number of fused-ring (bicyclic) bond motifs is 1. The molecule has 2 aromatic heterocycles. The Morgan fingerprint density at radius 1 is 1.42 bits per heavy atom. The summed E-state index contributed by atoms with van der Waals surface area (Å²) in [6.45, 7) is 6.65. The van der Waals surface area contributed by atoms with E-state index in [1.807, 2.05) is 17.8 Å². The van der Waals surface area contributed by atoms with E-state index in [0.717, 1.165) is 55.0 Å². The Kier molecular flexibility index (Phi) is 3.38. The molecule has 0 bridgehead atoms. The first kappa shape index (κ1) is 12.4. The third-order valence-corrected chi connectivity index (χ3v) is 3.62. The van der Waals surface area contributed by atoms with Crippen LogP contribution in [0.2, 0.25) is 0 Å². The van der Waals surface area contributed by atoms with Crippen molar-refractivity contribution in [1.82, 2.24) is 14.8 Å². The average Bonchev–Trinajstić information content (AvgIpc) is 2.83. The number of aryl methyl sites for hydroxylation is 2. The fourth-order valence-electron chi connectivity index (χ4n) is 2.59. The highest BCUT2D eigenvalue weighted by atomic mass is 16.5. The standard InChI is InChI=1S/C14H20N4O/c1-3-18-14-12(9-15-18)13(8-10(2)16-14)17-11-4-6-19-7-5-11/h8-9,11H,3-7H2,1-2H3,(H,16,17). The van der Waals surface area contributed by atoms with Gasteiger partial charge in [-0.3, -0.25) is 0 Å². The van der Waals surface area contributed by atoms with Crippen LogP contribution in [0.5, 0.6) is 0 Å².